The van der Waals surface area contributed by atoms with Crippen LogP contribution in [-0.4, -0.2) is 30.6 Å². The number of anilines is 2. The van der Waals surface area contributed by atoms with Crippen molar-refractivity contribution in [3.05, 3.63) is 42.0 Å². The Balaban J connectivity index is 2.46. The predicted molar refractivity (Wildman–Crippen MR) is 97.6 cm³/mol. The molecule has 0 amide bonds. The van der Waals surface area contributed by atoms with Gasteiger partial charge in [0.2, 0.25) is 5.71 Å². The van der Waals surface area contributed by atoms with Crippen molar-refractivity contribution in [3.63, 3.8) is 0 Å². The van der Waals surface area contributed by atoms with Gasteiger partial charge in [0.15, 0.2) is 5.84 Å². The van der Waals surface area contributed by atoms with Gasteiger partial charge in [-0.2, -0.15) is 23.5 Å². The van der Waals surface area contributed by atoms with Crippen molar-refractivity contribution in [2.75, 3.05) is 24.4 Å². The number of amidine groups is 1. The lowest BCUT2D eigenvalue weighted by atomic mass is 10.1. The lowest BCUT2D eigenvalue weighted by Crippen LogP contribution is -2.21. The number of aromatic nitrogens is 1. The molecule has 1 heterocycles. The highest BCUT2D eigenvalue weighted by atomic mass is 19.4. The molecule has 0 spiro atoms. The van der Waals surface area contributed by atoms with Gasteiger partial charge in [-0.1, -0.05) is 12.1 Å². The van der Waals surface area contributed by atoms with Gasteiger partial charge in [0.1, 0.15) is 11.9 Å². The Bertz CT molecular complexity index is 927. The number of pyridine rings is 1. The Morgan fingerprint density at radius 1 is 1.30 bits per heavy atom. The van der Waals surface area contributed by atoms with E-state index in [1.165, 1.54) is 11.0 Å². The second-order valence-electron chi connectivity index (χ2n) is 5.67. The maximum Gasteiger partial charge on any atom is 0.416 e. The second-order valence-corrected chi connectivity index (χ2v) is 5.67. The Morgan fingerprint density at radius 2 is 2.00 bits per heavy atom. The molecule has 140 valence electrons. The number of rotatable bonds is 5. The van der Waals surface area contributed by atoms with Crippen molar-refractivity contribution in [2.24, 2.45) is 10.8 Å². The van der Waals surface area contributed by atoms with Crippen LogP contribution < -0.4 is 16.1 Å². The summed E-state index contributed by atoms with van der Waals surface area (Å²) in [4.78, 5) is 5.74. The number of alkyl halides is 3. The molecule has 2 rings (SSSR count). The van der Waals surface area contributed by atoms with Gasteiger partial charge in [-0.3, -0.25) is 10.8 Å². The molecule has 0 fully saturated rings. The summed E-state index contributed by atoms with van der Waals surface area (Å²) in [7, 11) is 3.20. The van der Waals surface area contributed by atoms with E-state index in [2.05, 4.69) is 15.5 Å². The molecule has 4 N–H and O–H groups in total. The number of nitrogens with two attached hydrogens (primary N) is 1. The zero-order valence-corrected chi connectivity index (χ0v) is 14.5. The molecule has 1 aromatic carbocycles. The van der Waals surface area contributed by atoms with E-state index in [1.54, 1.807) is 38.4 Å². The second kappa shape index (κ2) is 7.74. The van der Waals surface area contributed by atoms with E-state index in [0.29, 0.717) is 11.3 Å². The number of hydrogen-bond acceptors (Lipinski definition) is 6. The van der Waals surface area contributed by atoms with Crippen LogP contribution in [0.5, 0.6) is 0 Å². The van der Waals surface area contributed by atoms with Crippen LogP contribution in [0.2, 0.25) is 0 Å². The molecule has 0 aliphatic heterocycles. The number of benzene rings is 1. The summed E-state index contributed by atoms with van der Waals surface area (Å²) in [5.41, 5.74) is 7.59. The molecule has 0 saturated heterocycles. The summed E-state index contributed by atoms with van der Waals surface area (Å²) in [5, 5.41) is 19.7. The minimum Gasteiger partial charge on any atom is -0.382 e. The smallest absolute Gasteiger partial charge is 0.382 e. The third kappa shape index (κ3) is 4.94. The Hall–Kier alpha value is -3.61. The number of nitriles is 1. The largest absolute Gasteiger partial charge is 0.416 e. The van der Waals surface area contributed by atoms with Crippen molar-refractivity contribution >= 4 is 23.1 Å². The van der Waals surface area contributed by atoms with Crippen molar-refractivity contribution in [2.45, 2.75) is 6.18 Å². The molecule has 10 heteroatoms. The van der Waals surface area contributed by atoms with Crippen molar-refractivity contribution in [1.82, 2.24) is 4.98 Å². The van der Waals surface area contributed by atoms with E-state index in [0.717, 1.165) is 12.1 Å². The van der Waals surface area contributed by atoms with Gasteiger partial charge >= 0.3 is 6.18 Å². The van der Waals surface area contributed by atoms with Crippen LogP contribution in [0.3, 0.4) is 0 Å². The van der Waals surface area contributed by atoms with Gasteiger partial charge in [-0.05, 0) is 24.3 Å². The molecular weight excluding hydrogens is 359 g/mol. The van der Waals surface area contributed by atoms with Crippen LogP contribution in [-0.2, 0) is 6.18 Å². The number of hydrogen-bond donors (Lipinski definition) is 3. The summed E-state index contributed by atoms with van der Waals surface area (Å²) >= 11 is 0. The number of nitrogens with one attached hydrogen (secondary N) is 2. The highest BCUT2D eigenvalue weighted by molar-refractivity contribution is 6.45. The van der Waals surface area contributed by atoms with E-state index >= 15 is 0 Å². The first-order valence-corrected chi connectivity index (χ1v) is 7.57. The highest BCUT2D eigenvalue weighted by Crippen LogP contribution is 2.34. The minimum atomic E-state index is -4.51. The molecule has 0 radical (unpaired) electrons. The first-order chi connectivity index (χ1) is 12.6. The maximum atomic E-state index is 13.2. The normalized spacial score (nSPS) is 11.6. The van der Waals surface area contributed by atoms with Gasteiger partial charge in [0, 0.05) is 19.7 Å². The van der Waals surface area contributed by atoms with Crippen LogP contribution in [0.15, 0.2) is 41.5 Å². The third-order valence-corrected chi connectivity index (χ3v) is 3.41. The predicted octanol–water partition coefficient (Wildman–Crippen LogP) is 3.06. The standard InChI is InChI=1S/C17H16F3N7/c1-27(2)15-8-11(17(18,19)20)7-13(24-15)10-4-3-5-12(6-10)25-26-14(9-21)16(22)23/h3-8,25H,1-2H3,(H3,22,23)/b26-14+. The lowest BCUT2D eigenvalue weighted by molar-refractivity contribution is -0.137. The summed E-state index contributed by atoms with van der Waals surface area (Å²) in [6, 6.07) is 9.93. The van der Waals surface area contributed by atoms with Crippen LogP contribution in [0.1, 0.15) is 5.56 Å². The van der Waals surface area contributed by atoms with Gasteiger partial charge < -0.3 is 10.6 Å². The first-order valence-electron chi connectivity index (χ1n) is 7.57. The third-order valence-electron chi connectivity index (χ3n) is 3.41. The highest BCUT2D eigenvalue weighted by Gasteiger charge is 2.32. The van der Waals surface area contributed by atoms with Crippen LogP contribution in [0.25, 0.3) is 11.3 Å². The molecule has 2 aromatic rings. The number of halogens is 3. The topological polar surface area (TPSA) is 114 Å². The zero-order chi connectivity index (χ0) is 20.2. The van der Waals surface area contributed by atoms with Crippen LogP contribution in [0.4, 0.5) is 24.7 Å². The summed E-state index contributed by atoms with van der Waals surface area (Å²) in [6.07, 6.45) is -4.51. The Morgan fingerprint density at radius 3 is 2.56 bits per heavy atom. The average Bonchev–Trinajstić information content (AvgIpc) is 2.61. The fourth-order valence-electron chi connectivity index (χ4n) is 2.07. The zero-order valence-electron chi connectivity index (χ0n) is 14.5. The summed E-state index contributed by atoms with van der Waals surface area (Å²) < 4.78 is 39.6. The molecule has 7 nitrogen and oxygen atoms in total. The molecule has 0 bridgehead atoms. The maximum absolute atomic E-state index is 13.2. The first kappa shape index (κ1) is 19.7. The fraction of sp³-hybridized carbons (Fsp3) is 0.176. The summed E-state index contributed by atoms with van der Waals surface area (Å²) in [6.45, 7) is 0. The molecule has 27 heavy (non-hydrogen) atoms. The Kier molecular flexibility index (Phi) is 5.65. The van der Waals surface area contributed by atoms with E-state index in [-0.39, 0.29) is 17.2 Å². The Labute approximate surface area is 153 Å². The SMILES string of the molecule is CN(C)c1cc(C(F)(F)F)cc(-c2cccc(N/N=C(\C#N)C(=N)N)c2)n1. The number of hydrazone groups is 1. The fourth-order valence-corrected chi connectivity index (χ4v) is 2.07. The monoisotopic (exact) mass is 375 g/mol. The molecule has 0 saturated carbocycles. The van der Waals surface area contributed by atoms with E-state index in [4.69, 9.17) is 16.4 Å². The van der Waals surface area contributed by atoms with E-state index in [9.17, 15) is 13.2 Å². The summed E-state index contributed by atoms with van der Waals surface area (Å²) in [5.74, 6) is -0.337. The molecular formula is C17H16F3N7. The van der Waals surface area contributed by atoms with Crippen molar-refractivity contribution in [1.29, 1.82) is 10.7 Å². The van der Waals surface area contributed by atoms with Gasteiger partial charge in [0.25, 0.3) is 0 Å². The van der Waals surface area contributed by atoms with Gasteiger partial charge in [0.05, 0.1) is 16.9 Å². The van der Waals surface area contributed by atoms with Crippen molar-refractivity contribution in [3.8, 4) is 17.3 Å². The van der Waals surface area contributed by atoms with Crippen LogP contribution >= 0.6 is 0 Å². The minimum absolute atomic E-state index is 0.133. The molecule has 0 unspecified atom stereocenters. The quantitative estimate of drug-likeness (QED) is 0.422. The molecule has 0 atom stereocenters. The van der Waals surface area contributed by atoms with Gasteiger partial charge in [-0.25, -0.2) is 4.98 Å². The molecule has 0 aliphatic rings. The van der Waals surface area contributed by atoms with E-state index < -0.39 is 17.6 Å². The lowest BCUT2D eigenvalue weighted by Gasteiger charge is -2.16. The van der Waals surface area contributed by atoms with Crippen LogP contribution in [0, 0.1) is 16.7 Å². The van der Waals surface area contributed by atoms with Gasteiger partial charge in [-0.15, -0.1) is 0 Å². The van der Waals surface area contributed by atoms with E-state index in [1.807, 2.05) is 0 Å². The molecule has 0 aliphatic carbocycles. The molecule has 1 aromatic heterocycles. The van der Waals surface area contributed by atoms with Crippen molar-refractivity contribution < 1.29 is 13.2 Å². The number of nitrogens with zero attached hydrogens (tertiary/aromatic N) is 4. The average molecular weight is 375 g/mol.